The van der Waals surface area contributed by atoms with Crippen molar-refractivity contribution in [3.8, 4) is 0 Å². The summed E-state index contributed by atoms with van der Waals surface area (Å²) in [7, 11) is 2.78. The first-order chi connectivity index (χ1) is 5.11. The highest BCUT2D eigenvalue weighted by Crippen LogP contribution is 2.18. The normalized spacial score (nSPS) is 24.7. The van der Waals surface area contributed by atoms with Crippen LogP contribution >= 0.6 is 9.24 Å². The zero-order chi connectivity index (χ0) is 8.43. The number of hydrogen-bond acceptors (Lipinski definition) is 1. The molecule has 1 rings (SSSR count). The van der Waals surface area contributed by atoms with Crippen LogP contribution < -0.4 is 0 Å². The molecule has 1 aliphatic rings. The second kappa shape index (κ2) is 3.53. The molecule has 1 fully saturated rings. The molecule has 0 aromatic rings. The van der Waals surface area contributed by atoms with Gasteiger partial charge in [-0.25, -0.2) is 0 Å². The summed E-state index contributed by atoms with van der Waals surface area (Å²) >= 11 is 0. The average molecular weight is 173 g/mol. The van der Waals surface area contributed by atoms with Gasteiger partial charge in [0, 0.05) is 19.0 Å². The van der Waals surface area contributed by atoms with E-state index in [2.05, 4.69) is 9.24 Å². The van der Waals surface area contributed by atoms with Crippen molar-refractivity contribution >= 4 is 15.1 Å². The standard InChI is InChI=1S/C8H16NOP/c1-6(2)8(10)9-4-3-7(11)5-9/h6-7H,3-5,11H2,1-2H3. The summed E-state index contributed by atoms with van der Waals surface area (Å²) in [6, 6.07) is 0. The Hall–Kier alpha value is -0.100. The third-order valence-electron chi connectivity index (χ3n) is 2.03. The van der Waals surface area contributed by atoms with Crippen molar-refractivity contribution in [2.45, 2.75) is 25.9 Å². The lowest BCUT2D eigenvalue weighted by molar-refractivity contribution is -0.133. The minimum absolute atomic E-state index is 0.158. The third-order valence-corrected chi connectivity index (χ3v) is 2.57. The van der Waals surface area contributed by atoms with Gasteiger partial charge in [-0.05, 0) is 12.1 Å². The molecule has 0 aromatic carbocycles. The minimum atomic E-state index is 0.158. The van der Waals surface area contributed by atoms with Crippen molar-refractivity contribution in [1.29, 1.82) is 0 Å². The molecular formula is C8H16NOP. The van der Waals surface area contributed by atoms with E-state index in [9.17, 15) is 4.79 Å². The van der Waals surface area contributed by atoms with E-state index in [1.54, 1.807) is 0 Å². The minimum Gasteiger partial charge on any atom is -0.342 e. The van der Waals surface area contributed by atoms with Gasteiger partial charge >= 0.3 is 0 Å². The molecule has 1 amide bonds. The molecule has 0 N–H and O–H groups in total. The van der Waals surface area contributed by atoms with Crippen LogP contribution in [0.25, 0.3) is 0 Å². The van der Waals surface area contributed by atoms with E-state index in [1.165, 1.54) is 0 Å². The van der Waals surface area contributed by atoms with Crippen LogP contribution in [0.2, 0.25) is 0 Å². The van der Waals surface area contributed by atoms with Crippen LogP contribution in [0.4, 0.5) is 0 Å². The van der Waals surface area contributed by atoms with Gasteiger partial charge in [0.25, 0.3) is 0 Å². The third kappa shape index (κ3) is 2.16. The van der Waals surface area contributed by atoms with E-state index in [4.69, 9.17) is 0 Å². The lowest BCUT2D eigenvalue weighted by atomic mass is 10.2. The maximum Gasteiger partial charge on any atom is 0.225 e. The predicted molar refractivity (Wildman–Crippen MR) is 49.5 cm³/mol. The fourth-order valence-corrected chi connectivity index (χ4v) is 1.76. The van der Waals surface area contributed by atoms with Crippen molar-refractivity contribution in [2.24, 2.45) is 5.92 Å². The van der Waals surface area contributed by atoms with E-state index < -0.39 is 0 Å². The van der Waals surface area contributed by atoms with Gasteiger partial charge < -0.3 is 4.90 Å². The molecule has 0 radical (unpaired) electrons. The number of amides is 1. The first kappa shape index (κ1) is 8.99. The number of rotatable bonds is 1. The molecule has 0 saturated carbocycles. The number of carbonyl (C=O) groups excluding carboxylic acids is 1. The molecule has 1 heterocycles. The topological polar surface area (TPSA) is 20.3 Å². The van der Waals surface area contributed by atoms with Crippen molar-refractivity contribution < 1.29 is 4.79 Å². The van der Waals surface area contributed by atoms with Gasteiger partial charge in [-0.1, -0.05) is 13.8 Å². The lowest BCUT2D eigenvalue weighted by Crippen LogP contribution is -2.32. The smallest absolute Gasteiger partial charge is 0.225 e. The fraction of sp³-hybridized carbons (Fsp3) is 0.875. The molecule has 0 bridgehead atoms. The summed E-state index contributed by atoms with van der Waals surface area (Å²) in [5.74, 6) is 0.459. The Labute approximate surface area is 70.5 Å². The van der Waals surface area contributed by atoms with Gasteiger partial charge in [0.1, 0.15) is 0 Å². The van der Waals surface area contributed by atoms with E-state index in [0.717, 1.165) is 19.5 Å². The SMILES string of the molecule is CC(C)C(=O)N1CCC(P)C1. The highest BCUT2D eigenvalue weighted by molar-refractivity contribution is 7.17. The monoisotopic (exact) mass is 173 g/mol. The Balaban J connectivity index is 2.43. The van der Waals surface area contributed by atoms with Gasteiger partial charge in [0.2, 0.25) is 5.91 Å². The quantitative estimate of drug-likeness (QED) is 0.544. The molecule has 11 heavy (non-hydrogen) atoms. The first-order valence-electron chi connectivity index (χ1n) is 4.15. The Morgan fingerprint density at radius 1 is 1.64 bits per heavy atom. The number of nitrogens with zero attached hydrogens (tertiary/aromatic N) is 1. The van der Waals surface area contributed by atoms with E-state index in [1.807, 2.05) is 18.7 Å². The molecule has 0 spiro atoms. The maximum atomic E-state index is 11.4. The second-order valence-electron chi connectivity index (χ2n) is 3.49. The number of carbonyl (C=O) groups is 1. The lowest BCUT2D eigenvalue weighted by Gasteiger charge is -2.17. The van der Waals surface area contributed by atoms with Crippen LogP contribution in [0.15, 0.2) is 0 Å². The highest BCUT2D eigenvalue weighted by Gasteiger charge is 2.24. The fourth-order valence-electron chi connectivity index (χ4n) is 1.35. The Morgan fingerprint density at radius 3 is 2.64 bits per heavy atom. The molecular weight excluding hydrogens is 157 g/mol. The summed E-state index contributed by atoms with van der Waals surface area (Å²) < 4.78 is 0. The summed E-state index contributed by atoms with van der Waals surface area (Å²) in [5.41, 5.74) is 0.623. The molecule has 2 unspecified atom stereocenters. The van der Waals surface area contributed by atoms with Gasteiger partial charge in [0.05, 0.1) is 0 Å². The predicted octanol–water partition coefficient (Wildman–Crippen LogP) is 1.12. The van der Waals surface area contributed by atoms with Gasteiger partial charge in [-0.2, -0.15) is 0 Å². The van der Waals surface area contributed by atoms with Crippen molar-refractivity contribution in [1.82, 2.24) is 4.90 Å². The van der Waals surface area contributed by atoms with Crippen LogP contribution in [-0.2, 0) is 4.79 Å². The summed E-state index contributed by atoms with van der Waals surface area (Å²) in [4.78, 5) is 13.4. The van der Waals surface area contributed by atoms with Crippen molar-refractivity contribution in [2.75, 3.05) is 13.1 Å². The van der Waals surface area contributed by atoms with E-state index in [-0.39, 0.29) is 5.92 Å². The Morgan fingerprint density at radius 2 is 2.27 bits per heavy atom. The van der Waals surface area contributed by atoms with Crippen LogP contribution in [0.3, 0.4) is 0 Å². The largest absolute Gasteiger partial charge is 0.342 e. The Bertz CT molecular complexity index is 158. The summed E-state index contributed by atoms with van der Waals surface area (Å²) in [5, 5.41) is 0. The molecule has 64 valence electrons. The van der Waals surface area contributed by atoms with Crippen LogP contribution in [0.1, 0.15) is 20.3 Å². The molecule has 3 heteroatoms. The van der Waals surface area contributed by atoms with Gasteiger partial charge in [0.15, 0.2) is 0 Å². The van der Waals surface area contributed by atoms with Gasteiger partial charge in [-0.15, -0.1) is 9.24 Å². The zero-order valence-corrected chi connectivity index (χ0v) is 8.36. The van der Waals surface area contributed by atoms with Crippen molar-refractivity contribution in [3.05, 3.63) is 0 Å². The van der Waals surface area contributed by atoms with E-state index in [0.29, 0.717) is 11.6 Å². The molecule has 1 aliphatic heterocycles. The Kier molecular flexibility index (Phi) is 2.89. The van der Waals surface area contributed by atoms with Crippen molar-refractivity contribution in [3.63, 3.8) is 0 Å². The molecule has 0 aliphatic carbocycles. The average Bonchev–Trinajstić information content (AvgIpc) is 2.34. The molecule has 0 aromatic heterocycles. The first-order valence-corrected chi connectivity index (χ1v) is 4.82. The summed E-state index contributed by atoms with van der Waals surface area (Å²) in [6.45, 7) is 5.80. The zero-order valence-electron chi connectivity index (χ0n) is 7.21. The molecule has 2 nitrogen and oxygen atoms in total. The summed E-state index contributed by atoms with van der Waals surface area (Å²) in [6.07, 6.45) is 1.14. The maximum absolute atomic E-state index is 11.4. The van der Waals surface area contributed by atoms with E-state index >= 15 is 0 Å². The molecule has 1 saturated heterocycles. The number of likely N-dealkylation sites (tertiary alicyclic amines) is 1. The van der Waals surface area contributed by atoms with Gasteiger partial charge in [-0.3, -0.25) is 4.79 Å². The van der Waals surface area contributed by atoms with Crippen LogP contribution in [0, 0.1) is 5.92 Å². The van der Waals surface area contributed by atoms with Crippen LogP contribution in [0.5, 0.6) is 0 Å². The number of hydrogen-bond donors (Lipinski definition) is 0. The van der Waals surface area contributed by atoms with Crippen LogP contribution in [-0.4, -0.2) is 29.6 Å². The molecule has 2 atom stereocenters. The second-order valence-corrected chi connectivity index (χ2v) is 4.43. The highest BCUT2D eigenvalue weighted by atomic mass is 31.0.